The van der Waals surface area contributed by atoms with Crippen LogP contribution in [0.5, 0.6) is 0 Å². The number of rotatable bonds is 6. The molecule has 0 aliphatic carbocycles. The summed E-state index contributed by atoms with van der Waals surface area (Å²) in [6.45, 7) is 0.310. The van der Waals surface area contributed by atoms with Crippen LogP contribution in [0, 0.1) is 17.6 Å². The zero-order valence-corrected chi connectivity index (χ0v) is 17.8. The number of benzene rings is 2. The minimum Gasteiger partial charge on any atom is -0.461 e. The summed E-state index contributed by atoms with van der Waals surface area (Å²) in [7, 11) is -3.96. The van der Waals surface area contributed by atoms with Crippen molar-refractivity contribution < 1.29 is 26.7 Å². The Kier molecular flexibility index (Phi) is 6.33. The summed E-state index contributed by atoms with van der Waals surface area (Å²) >= 11 is 0. The topological polar surface area (TPSA) is 81.5 Å². The molecule has 1 aliphatic rings. The summed E-state index contributed by atoms with van der Waals surface area (Å²) in [5.41, 5.74) is 1.72. The zero-order valence-electron chi connectivity index (χ0n) is 17.0. The average Bonchev–Trinajstić information content (AvgIpc) is 3.34. The van der Waals surface area contributed by atoms with Crippen LogP contribution in [0.1, 0.15) is 18.4 Å². The largest absolute Gasteiger partial charge is 0.461 e. The van der Waals surface area contributed by atoms with Gasteiger partial charge in [0.2, 0.25) is 10.0 Å². The third-order valence-corrected chi connectivity index (χ3v) is 7.30. The molecule has 2 aromatic carbocycles. The predicted octanol–water partition coefficient (Wildman–Crippen LogP) is 3.29. The highest BCUT2D eigenvalue weighted by atomic mass is 32.2. The summed E-state index contributed by atoms with van der Waals surface area (Å²) in [6, 6.07) is 11.8. The molecule has 0 atom stereocenters. The van der Waals surface area contributed by atoms with Crippen molar-refractivity contribution in [1.82, 2.24) is 14.1 Å². The second-order valence-corrected chi connectivity index (χ2v) is 9.42. The van der Waals surface area contributed by atoms with E-state index in [4.69, 9.17) is 4.74 Å². The molecule has 0 radical (unpaired) electrons. The first-order chi connectivity index (χ1) is 15.3. The van der Waals surface area contributed by atoms with Gasteiger partial charge < -0.3 is 4.74 Å². The first-order valence-corrected chi connectivity index (χ1v) is 11.5. The Labute approximate surface area is 184 Å². The molecule has 1 saturated heterocycles. The van der Waals surface area contributed by atoms with Gasteiger partial charge in [-0.1, -0.05) is 12.1 Å². The minimum absolute atomic E-state index is 0.0969. The van der Waals surface area contributed by atoms with Gasteiger partial charge in [0.15, 0.2) is 11.6 Å². The predicted molar refractivity (Wildman–Crippen MR) is 111 cm³/mol. The van der Waals surface area contributed by atoms with Gasteiger partial charge in [0.1, 0.15) is 6.61 Å². The third kappa shape index (κ3) is 4.71. The van der Waals surface area contributed by atoms with Crippen molar-refractivity contribution in [3.05, 3.63) is 78.1 Å². The summed E-state index contributed by atoms with van der Waals surface area (Å²) in [6.07, 6.45) is 4.10. The Morgan fingerprint density at radius 2 is 1.78 bits per heavy atom. The van der Waals surface area contributed by atoms with Gasteiger partial charge in [-0.2, -0.15) is 9.40 Å². The van der Waals surface area contributed by atoms with E-state index in [1.165, 1.54) is 4.31 Å². The van der Waals surface area contributed by atoms with E-state index in [1.807, 2.05) is 36.5 Å². The fraction of sp³-hybridized carbons (Fsp3) is 0.273. The summed E-state index contributed by atoms with van der Waals surface area (Å²) in [4.78, 5) is 12.1. The van der Waals surface area contributed by atoms with Gasteiger partial charge in [0, 0.05) is 25.5 Å². The molecule has 0 amide bonds. The second kappa shape index (κ2) is 9.17. The lowest BCUT2D eigenvalue weighted by molar-refractivity contribution is -0.151. The summed E-state index contributed by atoms with van der Waals surface area (Å²) < 4.78 is 60.2. The van der Waals surface area contributed by atoms with Gasteiger partial charge in [0.25, 0.3) is 0 Å². The Bertz CT molecular complexity index is 1190. The maximum atomic E-state index is 13.4. The van der Waals surface area contributed by atoms with E-state index in [9.17, 15) is 22.0 Å². The molecule has 4 rings (SSSR count). The van der Waals surface area contributed by atoms with E-state index < -0.39 is 27.6 Å². The summed E-state index contributed by atoms with van der Waals surface area (Å²) in [5.74, 6) is -3.13. The molecule has 0 unspecified atom stereocenters. The monoisotopic (exact) mass is 461 g/mol. The molecule has 3 aromatic rings. The van der Waals surface area contributed by atoms with Crippen molar-refractivity contribution in [2.45, 2.75) is 24.3 Å². The molecule has 1 aliphatic heterocycles. The van der Waals surface area contributed by atoms with Crippen molar-refractivity contribution in [1.29, 1.82) is 0 Å². The lowest BCUT2D eigenvalue weighted by Gasteiger charge is -2.30. The van der Waals surface area contributed by atoms with Crippen LogP contribution in [-0.2, 0) is 26.2 Å². The van der Waals surface area contributed by atoms with Crippen LogP contribution in [-0.4, -0.2) is 41.6 Å². The number of carbonyl (C=O) groups is 1. The number of piperidine rings is 1. The Hall–Kier alpha value is -3.11. The number of hydrogen-bond donors (Lipinski definition) is 0. The van der Waals surface area contributed by atoms with Gasteiger partial charge in [-0.3, -0.25) is 4.79 Å². The van der Waals surface area contributed by atoms with E-state index in [0.29, 0.717) is 18.9 Å². The smallest absolute Gasteiger partial charge is 0.309 e. The van der Waals surface area contributed by atoms with Crippen LogP contribution >= 0.6 is 0 Å². The van der Waals surface area contributed by atoms with E-state index in [2.05, 4.69) is 5.10 Å². The Balaban J connectivity index is 1.30. The number of sulfonamides is 1. The van der Waals surface area contributed by atoms with Crippen LogP contribution < -0.4 is 0 Å². The van der Waals surface area contributed by atoms with E-state index >= 15 is 0 Å². The molecule has 0 saturated carbocycles. The highest BCUT2D eigenvalue weighted by molar-refractivity contribution is 7.89. The Morgan fingerprint density at radius 1 is 1.06 bits per heavy atom. The normalized spacial score (nSPS) is 15.6. The van der Waals surface area contributed by atoms with Gasteiger partial charge in [-0.15, -0.1) is 0 Å². The lowest BCUT2D eigenvalue weighted by Crippen LogP contribution is -2.40. The van der Waals surface area contributed by atoms with E-state index in [1.54, 1.807) is 10.9 Å². The first-order valence-electron chi connectivity index (χ1n) is 10.1. The fourth-order valence-corrected chi connectivity index (χ4v) is 5.04. The molecule has 7 nitrogen and oxygen atoms in total. The van der Waals surface area contributed by atoms with Crippen molar-refractivity contribution in [3.8, 4) is 5.69 Å². The van der Waals surface area contributed by atoms with Crippen LogP contribution in [0.25, 0.3) is 5.69 Å². The first kappa shape index (κ1) is 22.1. The maximum Gasteiger partial charge on any atom is 0.309 e. The summed E-state index contributed by atoms with van der Waals surface area (Å²) in [5, 5.41) is 4.15. The number of nitrogens with zero attached hydrogens (tertiary/aromatic N) is 3. The number of ether oxygens (including phenoxy) is 1. The number of hydrogen-bond acceptors (Lipinski definition) is 5. The molecular weight excluding hydrogens is 440 g/mol. The molecule has 1 aromatic heterocycles. The van der Waals surface area contributed by atoms with Crippen molar-refractivity contribution in [2.24, 2.45) is 5.92 Å². The van der Waals surface area contributed by atoms with Gasteiger partial charge in [0.05, 0.1) is 16.5 Å². The minimum atomic E-state index is -3.96. The van der Waals surface area contributed by atoms with Crippen molar-refractivity contribution in [2.75, 3.05) is 13.1 Å². The molecule has 1 fully saturated rings. The van der Waals surface area contributed by atoms with Crippen molar-refractivity contribution >= 4 is 16.0 Å². The van der Waals surface area contributed by atoms with Crippen LogP contribution in [0.2, 0.25) is 0 Å². The molecule has 2 heterocycles. The highest BCUT2D eigenvalue weighted by Gasteiger charge is 2.33. The van der Waals surface area contributed by atoms with E-state index in [-0.39, 0.29) is 30.6 Å². The lowest BCUT2D eigenvalue weighted by atomic mass is 9.98. The molecular formula is C22H21F2N3O4S. The van der Waals surface area contributed by atoms with Crippen LogP contribution in [0.3, 0.4) is 0 Å². The number of esters is 1. The van der Waals surface area contributed by atoms with Gasteiger partial charge in [-0.05, 0) is 54.8 Å². The molecule has 0 N–H and O–H groups in total. The maximum absolute atomic E-state index is 13.4. The SMILES string of the molecule is O=C(OCc1ccc(-n2cccn2)cc1)C1CCN(S(=O)(=O)c2ccc(F)c(F)c2)CC1. The van der Waals surface area contributed by atoms with Gasteiger partial charge in [-0.25, -0.2) is 21.9 Å². The Morgan fingerprint density at radius 3 is 2.41 bits per heavy atom. The zero-order chi connectivity index (χ0) is 22.7. The number of halogens is 2. The second-order valence-electron chi connectivity index (χ2n) is 7.48. The van der Waals surface area contributed by atoms with E-state index in [0.717, 1.165) is 23.4 Å². The number of aromatic nitrogens is 2. The molecule has 168 valence electrons. The third-order valence-electron chi connectivity index (χ3n) is 5.40. The standard InChI is InChI=1S/C22H21F2N3O4S/c23-20-7-6-19(14-21(20)24)32(29,30)26-12-8-17(9-13-26)22(28)31-15-16-2-4-18(5-3-16)27-11-1-10-25-27/h1-7,10-11,14,17H,8-9,12-13,15H2. The van der Waals surface area contributed by atoms with Gasteiger partial charge >= 0.3 is 5.97 Å². The molecule has 10 heteroatoms. The molecule has 32 heavy (non-hydrogen) atoms. The fourth-order valence-electron chi connectivity index (χ4n) is 3.56. The highest BCUT2D eigenvalue weighted by Crippen LogP contribution is 2.26. The van der Waals surface area contributed by atoms with Crippen molar-refractivity contribution in [3.63, 3.8) is 0 Å². The quantitative estimate of drug-likeness (QED) is 0.526. The van der Waals surface area contributed by atoms with Crippen LogP contribution in [0.15, 0.2) is 65.8 Å². The van der Waals surface area contributed by atoms with Crippen LogP contribution in [0.4, 0.5) is 8.78 Å². The average molecular weight is 461 g/mol. The molecule has 0 spiro atoms. The number of carbonyl (C=O) groups excluding carboxylic acids is 1. The molecule has 0 bridgehead atoms.